The Hall–Kier alpha value is -2.48. The summed E-state index contributed by atoms with van der Waals surface area (Å²) in [6.45, 7) is 3.03. The van der Waals surface area contributed by atoms with E-state index in [9.17, 15) is 0 Å². The summed E-state index contributed by atoms with van der Waals surface area (Å²) in [5.41, 5.74) is 3.00. The minimum atomic E-state index is 0.697. The zero-order valence-electron chi connectivity index (χ0n) is 16.0. The molecule has 28 heavy (non-hydrogen) atoms. The highest BCUT2D eigenvalue weighted by atomic mass is 35.5. The second-order valence-corrected chi connectivity index (χ2v) is 7.56. The topological polar surface area (TPSA) is 65.1 Å². The summed E-state index contributed by atoms with van der Waals surface area (Å²) < 4.78 is 3.11. The molecule has 6 nitrogen and oxygen atoms in total. The summed E-state index contributed by atoms with van der Waals surface area (Å²) in [5, 5.41) is 7.39. The lowest BCUT2D eigenvalue weighted by Gasteiger charge is -2.22. The molecule has 0 fully saturated rings. The molecule has 146 valence electrons. The van der Waals surface area contributed by atoms with Crippen LogP contribution in [0.2, 0.25) is 5.02 Å². The Morgan fingerprint density at radius 3 is 2.39 bits per heavy atom. The van der Waals surface area contributed by atoms with Crippen molar-refractivity contribution in [1.29, 1.82) is 0 Å². The monoisotopic (exact) mass is 414 g/mol. The van der Waals surface area contributed by atoms with E-state index in [0.717, 1.165) is 28.5 Å². The Bertz CT molecular complexity index is 919. The lowest BCUT2D eigenvalue weighted by atomic mass is 10.2. The Kier molecular flexibility index (Phi) is 6.97. The number of halogens is 1. The maximum Gasteiger partial charge on any atom is 0.135 e. The fourth-order valence-corrected chi connectivity index (χ4v) is 3.29. The van der Waals surface area contributed by atoms with Gasteiger partial charge in [0.2, 0.25) is 0 Å². The Morgan fingerprint density at radius 1 is 1.00 bits per heavy atom. The van der Waals surface area contributed by atoms with E-state index in [1.54, 1.807) is 11.9 Å². The van der Waals surface area contributed by atoms with Gasteiger partial charge in [-0.3, -0.25) is 4.72 Å². The molecule has 0 saturated heterocycles. The number of benzene rings is 2. The molecule has 0 saturated carbocycles. The van der Waals surface area contributed by atoms with Gasteiger partial charge < -0.3 is 15.5 Å². The third kappa shape index (κ3) is 5.28. The first-order valence-corrected chi connectivity index (χ1v) is 10.1. The van der Waals surface area contributed by atoms with Crippen LogP contribution in [0.3, 0.4) is 0 Å². The standard InChI is InChI=1S/C20H23ClN6S/c1-4-27(3)18-10-9-16(28-22-2)11-17(18)26-20-12-19(23-13-24-20)25-15-7-5-14(21)6-8-15/h5-13,22H,4H2,1-3H3,(H2,23,24,25,26). The quantitative estimate of drug-likeness (QED) is 0.432. The summed E-state index contributed by atoms with van der Waals surface area (Å²) in [5.74, 6) is 1.41. The molecular weight excluding hydrogens is 392 g/mol. The van der Waals surface area contributed by atoms with Gasteiger partial charge in [0.05, 0.1) is 11.4 Å². The lowest BCUT2D eigenvalue weighted by Crippen LogP contribution is -2.17. The molecule has 0 amide bonds. The van der Waals surface area contributed by atoms with Gasteiger partial charge >= 0.3 is 0 Å². The first-order valence-electron chi connectivity index (χ1n) is 8.89. The van der Waals surface area contributed by atoms with E-state index >= 15 is 0 Å². The zero-order chi connectivity index (χ0) is 19.9. The summed E-state index contributed by atoms with van der Waals surface area (Å²) in [6.07, 6.45) is 1.54. The van der Waals surface area contributed by atoms with E-state index < -0.39 is 0 Å². The molecule has 8 heteroatoms. The normalized spacial score (nSPS) is 10.6. The van der Waals surface area contributed by atoms with Gasteiger partial charge in [0.25, 0.3) is 0 Å². The van der Waals surface area contributed by atoms with Crippen molar-refractivity contribution in [2.24, 2.45) is 0 Å². The van der Waals surface area contributed by atoms with Crippen LogP contribution in [0.4, 0.5) is 28.7 Å². The zero-order valence-corrected chi connectivity index (χ0v) is 17.6. The Balaban J connectivity index is 1.84. The minimum absolute atomic E-state index is 0.697. The maximum absolute atomic E-state index is 5.94. The molecule has 0 aliphatic rings. The van der Waals surface area contributed by atoms with E-state index in [4.69, 9.17) is 11.6 Å². The highest BCUT2D eigenvalue weighted by Gasteiger charge is 2.10. The summed E-state index contributed by atoms with van der Waals surface area (Å²) >= 11 is 7.51. The molecule has 3 rings (SSSR count). The van der Waals surface area contributed by atoms with Crippen LogP contribution in [0.1, 0.15) is 6.92 Å². The fourth-order valence-electron chi connectivity index (χ4n) is 2.61. The van der Waals surface area contributed by atoms with Crippen molar-refractivity contribution in [3.63, 3.8) is 0 Å². The van der Waals surface area contributed by atoms with Crippen LogP contribution in [-0.4, -0.2) is 30.6 Å². The van der Waals surface area contributed by atoms with Gasteiger partial charge in [-0.2, -0.15) is 0 Å². The molecule has 0 atom stereocenters. The Morgan fingerprint density at radius 2 is 1.71 bits per heavy atom. The predicted octanol–water partition coefficient (Wildman–Crippen LogP) is 5.30. The predicted molar refractivity (Wildman–Crippen MR) is 120 cm³/mol. The molecular formula is C20H23ClN6S. The maximum atomic E-state index is 5.94. The average Bonchev–Trinajstić information content (AvgIpc) is 2.70. The van der Waals surface area contributed by atoms with Crippen molar-refractivity contribution in [2.75, 3.05) is 36.2 Å². The van der Waals surface area contributed by atoms with Crippen molar-refractivity contribution >= 4 is 52.2 Å². The van der Waals surface area contributed by atoms with Gasteiger partial charge in [0.15, 0.2) is 0 Å². The molecule has 0 spiro atoms. The SMILES string of the molecule is CCN(C)c1ccc(SNC)cc1Nc1cc(Nc2ccc(Cl)cc2)ncn1. The van der Waals surface area contributed by atoms with E-state index in [1.165, 1.54) is 6.33 Å². The molecule has 0 unspecified atom stereocenters. The third-order valence-electron chi connectivity index (χ3n) is 4.12. The van der Waals surface area contributed by atoms with Crippen LogP contribution in [0.5, 0.6) is 0 Å². The number of hydrogen-bond donors (Lipinski definition) is 3. The van der Waals surface area contributed by atoms with Crippen LogP contribution >= 0.6 is 23.5 Å². The molecule has 2 aromatic carbocycles. The smallest absolute Gasteiger partial charge is 0.135 e. The number of anilines is 5. The lowest BCUT2D eigenvalue weighted by molar-refractivity contribution is 0.967. The van der Waals surface area contributed by atoms with Gasteiger partial charge in [-0.05, 0) is 68.4 Å². The minimum Gasteiger partial charge on any atom is -0.373 e. The van der Waals surface area contributed by atoms with Crippen LogP contribution < -0.4 is 20.3 Å². The van der Waals surface area contributed by atoms with Gasteiger partial charge in [-0.15, -0.1) is 0 Å². The number of aromatic nitrogens is 2. The first kappa shape index (κ1) is 20.3. The van der Waals surface area contributed by atoms with Crippen molar-refractivity contribution in [1.82, 2.24) is 14.7 Å². The van der Waals surface area contributed by atoms with Crippen LogP contribution in [0, 0.1) is 0 Å². The van der Waals surface area contributed by atoms with Gasteiger partial charge in [-0.1, -0.05) is 11.6 Å². The highest BCUT2D eigenvalue weighted by Crippen LogP contribution is 2.32. The highest BCUT2D eigenvalue weighted by molar-refractivity contribution is 7.97. The van der Waals surface area contributed by atoms with E-state index in [0.29, 0.717) is 16.7 Å². The third-order valence-corrected chi connectivity index (χ3v) is 5.07. The summed E-state index contributed by atoms with van der Waals surface area (Å²) in [4.78, 5) is 12.0. The van der Waals surface area contributed by atoms with Gasteiger partial charge in [0.1, 0.15) is 18.0 Å². The molecule has 3 aromatic rings. The molecule has 0 aliphatic carbocycles. The largest absolute Gasteiger partial charge is 0.373 e. The van der Waals surface area contributed by atoms with E-state index in [1.807, 2.05) is 37.4 Å². The van der Waals surface area contributed by atoms with Crippen molar-refractivity contribution in [2.45, 2.75) is 11.8 Å². The number of hydrogen-bond acceptors (Lipinski definition) is 7. The summed E-state index contributed by atoms with van der Waals surface area (Å²) in [6, 6.07) is 15.7. The number of nitrogens with zero attached hydrogens (tertiary/aromatic N) is 3. The van der Waals surface area contributed by atoms with Crippen LogP contribution in [-0.2, 0) is 0 Å². The van der Waals surface area contributed by atoms with Crippen LogP contribution in [0.25, 0.3) is 0 Å². The number of rotatable bonds is 8. The Labute approximate surface area is 174 Å². The number of nitrogens with one attached hydrogen (secondary N) is 3. The fraction of sp³-hybridized carbons (Fsp3) is 0.200. The second-order valence-electron chi connectivity index (χ2n) is 6.04. The average molecular weight is 415 g/mol. The van der Waals surface area contributed by atoms with Crippen molar-refractivity contribution < 1.29 is 0 Å². The molecule has 0 radical (unpaired) electrons. The molecule has 1 heterocycles. The van der Waals surface area contributed by atoms with Crippen LogP contribution in [0.15, 0.2) is 59.8 Å². The van der Waals surface area contributed by atoms with E-state index in [-0.39, 0.29) is 0 Å². The van der Waals surface area contributed by atoms with Crippen molar-refractivity contribution in [3.8, 4) is 0 Å². The molecule has 0 bridgehead atoms. The van der Waals surface area contributed by atoms with Gasteiger partial charge in [-0.25, -0.2) is 9.97 Å². The van der Waals surface area contributed by atoms with Gasteiger partial charge in [0, 0.05) is 35.3 Å². The summed E-state index contributed by atoms with van der Waals surface area (Å²) in [7, 11) is 3.97. The second kappa shape index (κ2) is 9.64. The van der Waals surface area contributed by atoms with Crippen molar-refractivity contribution in [3.05, 3.63) is 59.9 Å². The molecule has 3 N–H and O–H groups in total. The molecule has 0 aliphatic heterocycles. The van der Waals surface area contributed by atoms with E-state index in [2.05, 4.69) is 62.4 Å². The molecule has 1 aromatic heterocycles. The first-order chi connectivity index (χ1) is 13.6.